The van der Waals surface area contributed by atoms with E-state index in [1.807, 2.05) is 13.8 Å². The SMILES string of the molecule is CC(C)CNS(=O)(=O)c1ccc(N)c(NCCN2CCCC2)c1. The van der Waals surface area contributed by atoms with Gasteiger partial charge in [-0.2, -0.15) is 0 Å². The summed E-state index contributed by atoms with van der Waals surface area (Å²) in [7, 11) is -3.49. The number of nitrogens with one attached hydrogen (secondary N) is 2. The second-order valence-electron chi connectivity index (χ2n) is 6.47. The normalized spacial score (nSPS) is 16.1. The Hall–Kier alpha value is -1.31. The monoisotopic (exact) mass is 340 g/mol. The van der Waals surface area contributed by atoms with Crippen LogP contribution in [0.15, 0.2) is 23.1 Å². The molecular formula is C16H28N4O2S. The van der Waals surface area contributed by atoms with E-state index in [4.69, 9.17) is 5.73 Å². The molecule has 0 atom stereocenters. The number of sulfonamides is 1. The van der Waals surface area contributed by atoms with Gasteiger partial charge < -0.3 is 16.0 Å². The first kappa shape index (κ1) is 18.0. The van der Waals surface area contributed by atoms with Crippen molar-refractivity contribution in [2.45, 2.75) is 31.6 Å². The molecule has 1 aromatic carbocycles. The Balaban J connectivity index is 1.99. The van der Waals surface area contributed by atoms with Gasteiger partial charge in [0.25, 0.3) is 0 Å². The van der Waals surface area contributed by atoms with Gasteiger partial charge in [0.05, 0.1) is 16.3 Å². The average Bonchev–Trinajstić information content (AvgIpc) is 3.00. The molecule has 7 heteroatoms. The van der Waals surface area contributed by atoms with Crippen molar-refractivity contribution < 1.29 is 8.42 Å². The van der Waals surface area contributed by atoms with Crippen molar-refractivity contribution in [3.05, 3.63) is 18.2 Å². The van der Waals surface area contributed by atoms with Crippen LogP contribution in [0.25, 0.3) is 0 Å². The quantitative estimate of drug-likeness (QED) is 0.627. The number of anilines is 2. The van der Waals surface area contributed by atoms with Crippen LogP contribution in [0, 0.1) is 5.92 Å². The number of benzene rings is 1. The van der Waals surface area contributed by atoms with Crippen molar-refractivity contribution in [1.82, 2.24) is 9.62 Å². The second kappa shape index (κ2) is 7.99. The largest absolute Gasteiger partial charge is 0.397 e. The van der Waals surface area contributed by atoms with Crippen LogP contribution in [0.4, 0.5) is 11.4 Å². The van der Waals surface area contributed by atoms with E-state index in [9.17, 15) is 8.42 Å². The van der Waals surface area contributed by atoms with Crippen molar-refractivity contribution in [2.24, 2.45) is 5.92 Å². The predicted molar refractivity (Wildman–Crippen MR) is 95.0 cm³/mol. The van der Waals surface area contributed by atoms with Gasteiger partial charge in [-0.25, -0.2) is 13.1 Å². The fraction of sp³-hybridized carbons (Fsp3) is 0.625. The average molecular weight is 340 g/mol. The summed E-state index contributed by atoms with van der Waals surface area (Å²) in [6, 6.07) is 4.80. The lowest BCUT2D eigenvalue weighted by Gasteiger charge is -2.17. The zero-order valence-corrected chi connectivity index (χ0v) is 14.8. The molecular weight excluding hydrogens is 312 g/mol. The molecule has 4 N–H and O–H groups in total. The number of hydrogen-bond donors (Lipinski definition) is 3. The fourth-order valence-corrected chi connectivity index (χ4v) is 3.81. The molecule has 1 fully saturated rings. The van der Waals surface area contributed by atoms with E-state index < -0.39 is 10.0 Å². The molecule has 130 valence electrons. The van der Waals surface area contributed by atoms with Crippen LogP contribution in [0.1, 0.15) is 26.7 Å². The summed E-state index contributed by atoms with van der Waals surface area (Å²) < 4.78 is 27.2. The summed E-state index contributed by atoms with van der Waals surface area (Å²) >= 11 is 0. The topological polar surface area (TPSA) is 87.5 Å². The van der Waals surface area contributed by atoms with Gasteiger partial charge in [0, 0.05) is 19.6 Å². The Morgan fingerprint density at radius 1 is 1.26 bits per heavy atom. The summed E-state index contributed by atoms with van der Waals surface area (Å²) in [5, 5.41) is 3.26. The molecule has 0 saturated carbocycles. The molecule has 1 heterocycles. The summed E-state index contributed by atoms with van der Waals surface area (Å²) in [5.74, 6) is 0.261. The number of likely N-dealkylation sites (tertiary alicyclic amines) is 1. The summed E-state index contributed by atoms with van der Waals surface area (Å²) in [5.41, 5.74) is 7.20. The third kappa shape index (κ3) is 5.37. The smallest absolute Gasteiger partial charge is 0.240 e. The van der Waals surface area contributed by atoms with Gasteiger partial charge in [0.2, 0.25) is 10.0 Å². The van der Waals surface area contributed by atoms with Gasteiger partial charge in [0.1, 0.15) is 0 Å². The molecule has 1 aliphatic heterocycles. The molecule has 6 nitrogen and oxygen atoms in total. The molecule has 0 aromatic heterocycles. The van der Waals surface area contributed by atoms with Gasteiger partial charge in [-0.15, -0.1) is 0 Å². The molecule has 0 amide bonds. The number of nitrogens with zero attached hydrogens (tertiary/aromatic N) is 1. The van der Waals surface area contributed by atoms with Crippen LogP contribution < -0.4 is 15.8 Å². The molecule has 1 aromatic rings. The zero-order valence-electron chi connectivity index (χ0n) is 14.0. The third-order valence-electron chi connectivity index (χ3n) is 3.96. The second-order valence-corrected chi connectivity index (χ2v) is 8.24. The highest BCUT2D eigenvalue weighted by Crippen LogP contribution is 2.23. The highest BCUT2D eigenvalue weighted by molar-refractivity contribution is 7.89. The van der Waals surface area contributed by atoms with E-state index in [0.717, 1.165) is 26.2 Å². The van der Waals surface area contributed by atoms with E-state index in [0.29, 0.717) is 17.9 Å². The van der Waals surface area contributed by atoms with Gasteiger partial charge in [-0.05, 0) is 50.0 Å². The maximum atomic E-state index is 12.3. The summed E-state index contributed by atoms with van der Waals surface area (Å²) in [4.78, 5) is 2.64. The van der Waals surface area contributed by atoms with E-state index in [1.54, 1.807) is 18.2 Å². The highest BCUT2D eigenvalue weighted by Gasteiger charge is 2.16. The van der Waals surface area contributed by atoms with Crippen LogP contribution in [-0.4, -0.2) is 46.0 Å². The summed E-state index contributed by atoms with van der Waals surface area (Å²) in [6.45, 7) is 8.35. The fourth-order valence-electron chi connectivity index (χ4n) is 2.57. The maximum Gasteiger partial charge on any atom is 0.240 e. The first-order valence-electron chi connectivity index (χ1n) is 8.24. The molecule has 23 heavy (non-hydrogen) atoms. The van der Waals surface area contributed by atoms with Crippen molar-refractivity contribution >= 4 is 21.4 Å². The number of rotatable bonds is 8. The molecule has 2 rings (SSSR count). The molecule has 1 saturated heterocycles. The Morgan fingerprint density at radius 2 is 1.96 bits per heavy atom. The van der Waals surface area contributed by atoms with Crippen molar-refractivity contribution in [3.63, 3.8) is 0 Å². The molecule has 0 radical (unpaired) electrons. The molecule has 1 aliphatic rings. The Kier molecular flexibility index (Phi) is 6.26. The maximum absolute atomic E-state index is 12.3. The first-order valence-corrected chi connectivity index (χ1v) is 9.72. The lowest BCUT2D eigenvalue weighted by molar-refractivity contribution is 0.353. The third-order valence-corrected chi connectivity index (χ3v) is 5.38. The molecule has 0 spiro atoms. The van der Waals surface area contributed by atoms with Crippen molar-refractivity contribution in [2.75, 3.05) is 43.8 Å². The van der Waals surface area contributed by atoms with Crippen LogP contribution in [0.2, 0.25) is 0 Å². The van der Waals surface area contributed by atoms with E-state index in [1.165, 1.54) is 12.8 Å². The minimum absolute atomic E-state index is 0.246. The number of nitrogens with two attached hydrogens (primary N) is 1. The Morgan fingerprint density at radius 3 is 2.61 bits per heavy atom. The van der Waals surface area contributed by atoms with E-state index in [2.05, 4.69) is 14.9 Å². The van der Waals surface area contributed by atoms with Crippen LogP contribution in [0.3, 0.4) is 0 Å². The van der Waals surface area contributed by atoms with Crippen LogP contribution >= 0.6 is 0 Å². The minimum Gasteiger partial charge on any atom is -0.397 e. The lowest BCUT2D eigenvalue weighted by atomic mass is 10.2. The van der Waals surface area contributed by atoms with E-state index in [-0.39, 0.29) is 10.8 Å². The molecule has 0 aliphatic carbocycles. The zero-order chi connectivity index (χ0) is 16.9. The standard InChI is InChI=1S/C16H28N4O2S/c1-13(2)12-19-23(21,22)14-5-6-15(17)16(11-14)18-7-10-20-8-3-4-9-20/h5-6,11,13,18-19H,3-4,7-10,12,17H2,1-2H3. The molecule has 0 unspecified atom stereocenters. The van der Waals surface area contributed by atoms with E-state index >= 15 is 0 Å². The number of hydrogen-bond acceptors (Lipinski definition) is 5. The van der Waals surface area contributed by atoms with Crippen molar-refractivity contribution in [1.29, 1.82) is 0 Å². The van der Waals surface area contributed by atoms with Crippen molar-refractivity contribution in [3.8, 4) is 0 Å². The van der Waals surface area contributed by atoms with Crippen LogP contribution in [-0.2, 0) is 10.0 Å². The van der Waals surface area contributed by atoms with Crippen LogP contribution in [0.5, 0.6) is 0 Å². The van der Waals surface area contributed by atoms with Gasteiger partial charge in [-0.1, -0.05) is 13.8 Å². The molecule has 0 bridgehead atoms. The summed E-state index contributed by atoms with van der Waals surface area (Å²) in [6.07, 6.45) is 2.52. The minimum atomic E-state index is -3.49. The van der Waals surface area contributed by atoms with Gasteiger partial charge in [-0.3, -0.25) is 0 Å². The van der Waals surface area contributed by atoms with Gasteiger partial charge >= 0.3 is 0 Å². The Bertz CT molecular complexity index is 611. The number of nitrogen functional groups attached to an aromatic ring is 1. The lowest BCUT2D eigenvalue weighted by Crippen LogP contribution is -2.28. The van der Waals surface area contributed by atoms with Gasteiger partial charge in [0.15, 0.2) is 0 Å². The first-order chi connectivity index (χ1) is 10.9. The Labute approximate surface area is 139 Å². The highest BCUT2D eigenvalue weighted by atomic mass is 32.2. The predicted octanol–water partition coefficient (Wildman–Crippen LogP) is 1.71.